The van der Waals surface area contributed by atoms with Gasteiger partial charge in [-0.1, -0.05) is 18.1 Å². The van der Waals surface area contributed by atoms with E-state index in [4.69, 9.17) is 16.0 Å². The van der Waals surface area contributed by atoms with E-state index in [1.54, 1.807) is 6.20 Å². The minimum atomic E-state index is 0.405. The summed E-state index contributed by atoms with van der Waals surface area (Å²) < 4.78 is 5.37. The van der Waals surface area contributed by atoms with Crippen molar-refractivity contribution in [1.82, 2.24) is 15.2 Å². The van der Waals surface area contributed by atoms with Crippen molar-refractivity contribution < 1.29 is 4.42 Å². The number of aromatic nitrogens is 3. The van der Waals surface area contributed by atoms with E-state index in [2.05, 4.69) is 33.5 Å². The lowest BCUT2D eigenvalue weighted by Crippen LogP contribution is -2.05. The van der Waals surface area contributed by atoms with Crippen LogP contribution in [-0.2, 0) is 19.4 Å². The van der Waals surface area contributed by atoms with Crippen LogP contribution in [-0.4, -0.2) is 21.1 Å². The van der Waals surface area contributed by atoms with Crippen LogP contribution in [0, 0.1) is 0 Å². The van der Waals surface area contributed by atoms with Gasteiger partial charge in [-0.05, 0) is 18.1 Å². The van der Waals surface area contributed by atoms with E-state index >= 15 is 0 Å². The Balaban J connectivity index is 1.97. The van der Waals surface area contributed by atoms with Crippen molar-refractivity contribution in [3.8, 4) is 0 Å². The van der Waals surface area contributed by atoms with E-state index in [1.165, 1.54) is 5.56 Å². The molecule has 0 saturated heterocycles. The molecule has 0 fully saturated rings. The zero-order valence-corrected chi connectivity index (χ0v) is 10.9. The smallest absolute Gasteiger partial charge is 0.315 e. The molecule has 0 amide bonds. The Hall–Kier alpha value is -1.62. The van der Waals surface area contributed by atoms with Gasteiger partial charge < -0.3 is 9.73 Å². The van der Waals surface area contributed by atoms with E-state index < -0.39 is 0 Å². The molecule has 1 N–H and O–H groups in total. The highest BCUT2D eigenvalue weighted by molar-refractivity contribution is 6.17. The van der Waals surface area contributed by atoms with Gasteiger partial charge >= 0.3 is 6.01 Å². The van der Waals surface area contributed by atoms with Crippen molar-refractivity contribution in [2.75, 3.05) is 11.2 Å². The minimum absolute atomic E-state index is 0.405. The van der Waals surface area contributed by atoms with Crippen LogP contribution < -0.4 is 5.32 Å². The maximum Gasteiger partial charge on any atom is 0.315 e. The molecule has 0 aromatic carbocycles. The van der Waals surface area contributed by atoms with Crippen LogP contribution in [0.15, 0.2) is 22.7 Å². The Kier molecular flexibility index (Phi) is 4.52. The molecule has 2 heterocycles. The Labute approximate surface area is 111 Å². The maximum atomic E-state index is 5.60. The molecule has 2 aromatic rings. The molecule has 5 nitrogen and oxygen atoms in total. The number of hydrogen-bond acceptors (Lipinski definition) is 5. The summed E-state index contributed by atoms with van der Waals surface area (Å²) in [7, 11) is 0. The quantitative estimate of drug-likeness (QED) is 0.814. The lowest BCUT2D eigenvalue weighted by Gasteiger charge is -2.05. The third-order valence-corrected chi connectivity index (χ3v) is 2.74. The molecule has 0 unspecified atom stereocenters. The van der Waals surface area contributed by atoms with Crippen LogP contribution in [0.2, 0.25) is 0 Å². The van der Waals surface area contributed by atoms with Gasteiger partial charge in [0, 0.05) is 18.5 Å². The molecule has 2 aromatic heterocycles. The molecule has 0 aliphatic rings. The molecule has 0 aliphatic carbocycles. The standard InChI is InChI=1S/C12H15ClN4O/c1-2-9-4-3-7-14-10(9)8-15-12-17-16-11(18-12)5-6-13/h3-4,7H,2,5-6,8H2,1H3,(H,15,17). The highest BCUT2D eigenvalue weighted by atomic mass is 35.5. The van der Waals surface area contributed by atoms with Gasteiger partial charge in [-0.2, -0.15) is 0 Å². The second-order valence-corrected chi connectivity index (χ2v) is 4.13. The third kappa shape index (κ3) is 3.20. The number of alkyl halides is 1. The molecule has 0 atom stereocenters. The summed E-state index contributed by atoms with van der Waals surface area (Å²) in [4.78, 5) is 4.33. The molecule has 0 saturated carbocycles. The van der Waals surface area contributed by atoms with Crippen molar-refractivity contribution in [2.24, 2.45) is 0 Å². The molecule has 0 spiro atoms. The number of hydrogen-bond donors (Lipinski definition) is 1. The van der Waals surface area contributed by atoms with E-state index in [0.29, 0.717) is 30.8 Å². The molecular formula is C12H15ClN4O. The normalized spacial score (nSPS) is 10.6. The molecule has 6 heteroatoms. The first-order valence-electron chi connectivity index (χ1n) is 5.88. The molecule has 0 aliphatic heterocycles. The van der Waals surface area contributed by atoms with Gasteiger partial charge in [-0.15, -0.1) is 16.7 Å². The predicted octanol–water partition coefficient (Wildman–Crippen LogP) is 2.42. The molecule has 0 radical (unpaired) electrons. The first kappa shape index (κ1) is 12.8. The van der Waals surface area contributed by atoms with Crippen LogP contribution in [0.25, 0.3) is 0 Å². The number of rotatable bonds is 6. The summed E-state index contributed by atoms with van der Waals surface area (Å²) in [6.07, 6.45) is 3.31. The van der Waals surface area contributed by atoms with E-state index in [-0.39, 0.29) is 0 Å². The SMILES string of the molecule is CCc1cccnc1CNc1nnc(CCCl)o1. The summed E-state index contributed by atoms with van der Waals surface area (Å²) in [5.41, 5.74) is 2.21. The van der Waals surface area contributed by atoms with Crippen molar-refractivity contribution in [3.63, 3.8) is 0 Å². The second kappa shape index (κ2) is 6.35. The lowest BCUT2D eigenvalue weighted by molar-refractivity contribution is 0.512. The monoisotopic (exact) mass is 266 g/mol. The highest BCUT2D eigenvalue weighted by Crippen LogP contribution is 2.11. The van der Waals surface area contributed by atoms with Crippen molar-refractivity contribution >= 4 is 17.6 Å². The van der Waals surface area contributed by atoms with E-state index in [0.717, 1.165) is 12.1 Å². The summed E-state index contributed by atoms with van der Waals surface area (Å²) >= 11 is 5.60. The van der Waals surface area contributed by atoms with Gasteiger partial charge in [0.15, 0.2) is 0 Å². The number of halogens is 1. The number of anilines is 1. The summed E-state index contributed by atoms with van der Waals surface area (Å²) in [6.45, 7) is 2.68. The maximum absolute atomic E-state index is 5.60. The fourth-order valence-corrected chi connectivity index (χ4v) is 1.78. The summed E-state index contributed by atoms with van der Waals surface area (Å²) in [6, 6.07) is 4.41. The van der Waals surface area contributed by atoms with Gasteiger partial charge in [0.05, 0.1) is 12.2 Å². The lowest BCUT2D eigenvalue weighted by atomic mass is 10.1. The van der Waals surface area contributed by atoms with Gasteiger partial charge in [0.1, 0.15) is 0 Å². The second-order valence-electron chi connectivity index (χ2n) is 3.76. The van der Waals surface area contributed by atoms with E-state index in [9.17, 15) is 0 Å². The Bertz CT molecular complexity index is 500. The van der Waals surface area contributed by atoms with Gasteiger partial charge in [0.25, 0.3) is 0 Å². The summed E-state index contributed by atoms with van der Waals surface area (Å²) in [5.74, 6) is 1.02. The average molecular weight is 267 g/mol. The zero-order chi connectivity index (χ0) is 12.8. The fourth-order valence-electron chi connectivity index (χ4n) is 1.62. The van der Waals surface area contributed by atoms with Crippen molar-refractivity contribution in [1.29, 1.82) is 0 Å². The molecular weight excluding hydrogens is 252 g/mol. The first-order valence-corrected chi connectivity index (χ1v) is 6.42. The Morgan fingerprint density at radius 3 is 3.06 bits per heavy atom. The van der Waals surface area contributed by atoms with Crippen LogP contribution >= 0.6 is 11.6 Å². The zero-order valence-electron chi connectivity index (χ0n) is 10.2. The Morgan fingerprint density at radius 2 is 2.28 bits per heavy atom. The number of nitrogens with zero attached hydrogens (tertiary/aromatic N) is 3. The van der Waals surface area contributed by atoms with Crippen LogP contribution in [0.4, 0.5) is 6.01 Å². The van der Waals surface area contributed by atoms with Crippen LogP contribution in [0.5, 0.6) is 0 Å². The Morgan fingerprint density at radius 1 is 1.39 bits per heavy atom. The first-order chi connectivity index (χ1) is 8.83. The minimum Gasteiger partial charge on any atom is -0.408 e. The van der Waals surface area contributed by atoms with E-state index in [1.807, 2.05) is 6.07 Å². The summed E-state index contributed by atoms with van der Waals surface area (Å²) in [5, 5.41) is 10.8. The fraction of sp³-hybridized carbons (Fsp3) is 0.417. The third-order valence-electron chi connectivity index (χ3n) is 2.55. The highest BCUT2D eigenvalue weighted by Gasteiger charge is 2.06. The number of pyridine rings is 1. The molecule has 96 valence electrons. The van der Waals surface area contributed by atoms with Crippen LogP contribution in [0.1, 0.15) is 24.1 Å². The molecule has 18 heavy (non-hydrogen) atoms. The molecule has 0 bridgehead atoms. The van der Waals surface area contributed by atoms with Gasteiger partial charge in [0.2, 0.25) is 5.89 Å². The van der Waals surface area contributed by atoms with Crippen molar-refractivity contribution in [3.05, 3.63) is 35.5 Å². The topological polar surface area (TPSA) is 63.8 Å². The largest absolute Gasteiger partial charge is 0.408 e. The average Bonchev–Trinajstić information content (AvgIpc) is 2.85. The molecule has 2 rings (SSSR count). The van der Waals surface area contributed by atoms with Crippen molar-refractivity contribution in [2.45, 2.75) is 26.3 Å². The van der Waals surface area contributed by atoms with Gasteiger partial charge in [-0.25, -0.2) is 0 Å². The number of nitrogens with one attached hydrogen (secondary N) is 1. The number of aryl methyl sites for hydroxylation is 2. The predicted molar refractivity (Wildman–Crippen MR) is 69.7 cm³/mol. The van der Waals surface area contributed by atoms with Gasteiger partial charge in [-0.3, -0.25) is 4.98 Å². The van der Waals surface area contributed by atoms with Crippen LogP contribution in [0.3, 0.4) is 0 Å².